The number of nitrogens with zero attached hydrogens (tertiary/aromatic N) is 1. The Morgan fingerprint density at radius 2 is 1.76 bits per heavy atom. The topological polar surface area (TPSA) is 73.6 Å². The molecule has 0 radical (unpaired) electrons. The Morgan fingerprint density at radius 1 is 0.966 bits per heavy atom. The third-order valence-electron chi connectivity index (χ3n) is 4.71. The first kappa shape index (κ1) is 18.6. The van der Waals surface area contributed by atoms with E-state index in [-0.39, 0.29) is 5.91 Å². The molecule has 0 aliphatic carbocycles. The van der Waals surface area contributed by atoms with Gasteiger partial charge in [0, 0.05) is 17.2 Å². The van der Waals surface area contributed by atoms with Crippen LogP contribution in [0.4, 0.5) is 5.69 Å². The van der Waals surface area contributed by atoms with Crippen LogP contribution in [0.5, 0.6) is 11.5 Å². The molecule has 0 saturated heterocycles. The number of rotatable bonds is 5. The first-order chi connectivity index (χ1) is 14.1. The van der Waals surface area contributed by atoms with Gasteiger partial charge < -0.3 is 19.3 Å². The minimum absolute atomic E-state index is 0.269. The summed E-state index contributed by atoms with van der Waals surface area (Å²) >= 11 is 0. The van der Waals surface area contributed by atoms with Gasteiger partial charge in [-0.25, -0.2) is 0 Å². The Hall–Kier alpha value is -3.80. The number of carbonyl (C=O) groups excluding carboxylic acids is 1. The Bertz CT molecular complexity index is 1180. The predicted octanol–water partition coefficient (Wildman–Crippen LogP) is 5.07. The number of hydrogen-bond donors (Lipinski definition) is 1. The van der Waals surface area contributed by atoms with Crippen LogP contribution in [0.25, 0.3) is 22.2 Å². The molecule has 4 rings (SSSR count). The molecule has 0 unspecified atom stereocenters. The van der Waals surface area contributed by atoms with E-state index in [0.717, 1.165) is 16.5 Å². The second kappa shape index (κ2) is 7.67. The summed E-state index contributed by atoms with van der Waals surface area (Å²) in [5.41, 5.74) is 3.77. The van der Waals surface area contributed by atoms with Crippen molar-refractivity contribution in [2.24, 2.45) is 0 Å². The molecule has 0 saturated carbocycles. The van der Waals surface area contributed by atoms with Crippen molar-refractivity contribution in [1.29, 1.82) is 0 Å². The zero-order valence-corrected chi connectivity index (χ0v) is 16.4. The lowest BCUT2D eigenvalue weighted by Gasteiger charge is -2.12. The van der Waals surface area contributed by atoms with Crippen molar-refractivity contribution < 1.29 is 18.8 Å². The van der Waals surface area contributed by atoms with Gasteiger partial charge >= 0.3 is 0 Å². The molecular formula is C23H20N2O4. The number of anilines is 1. The minimum atomic E-state index is -0.269. The van der Waals surface area contributed by atoms with E-state index in [2.05, 4.69) is 10.5 Å². The van der Waals surface area contributed by atoms with E-state index in [9.17, 15) is 4.79 Å². The third kappa shape index (κ3) is 3.65. The number of aryl methyl sites for hydroxylation is 1. The van der Waals surface area contributed by atoms with Crippen molar-refractivity contribution in [3.05, 3.63) is 71.8 Å². The average molecular weight is 388 g/mol. The van der Waals surface area contributed by atoms with Crippen LogP contribution in [0.2, 0.25) is 0 Å². The maximum atomic E-state index is 12.9. The number of carbonyl (C=O) groups is 1. The molecule has 0 spiro atoms. The van der Waals surface area contributed by atoms with Gasteiger partial charge in [0.1, 0.15) is 17.0 Å². The van der Waals surface area contributed by atoms with E-state index in [1.807, 2.05) is 31.2 Å². The van der Waals surface area contributed by atoms with Crippen molar-refractivity contribution in [3.63, 3.8) is 0 Å². The number of aromatic nitrogens is 1. The summed E-state index contributed by atoms with van der Waals surface area (Å²) in [5, 5.41) is 7.77. The van der Waals surface area contributed by atoms with Gasteiger partial charge in [-0.2, -0.15) is 0 Å². The van der Waals surface area contributed by atoms with Crippen molar-refractivity contribution in [2.45, 2.75) is 6.92 Å². The van der Waals surface area contributed by atoms with Gasteiger partial charge in [-0.1, -0.05) is 35.0 Å². The molecule has 6 heteroatoms. The normalized spacial score (nSPS) is 10.7. The molecule has 1 N–H and O–H groups in total. The fraction of sp³-hybridized carbons (Fsp3) is 0.130. The maximum absolute atomic E-state index is 12.9. The smallest absolute Gasteiger partial charge is 0.255 e. The Morgan fingerprint density at radius 3 is 2.48 bits per heavy atom. The second-order valence-corrected chi connectivity index (χ2v) is 6.63. The number of amides is 1. The first-order valence-electron chi connectivity index (χ1n) is 9.09. The van der Waals surface area contributed by atoms with Crippen LogP contribution < -0.4 is 14.8 Å². The summed E-state index contributed by atoms with van der Waals surface area (Å²) < 4.78 is 16.1. The molecule has 0 bridgehead atoms. The van der Waals surface area contributed by atoms with Gasteiger partial charge in [-0.3, -0.25) is 4.79 Å². The maximum Gasteiger partial charge on any atom is 0.255 e. The molecule has 29 heavy (non-hydrogen) atoms. The van der Waals surface area contributed by atoms with E-state index in [1.165, 1.54) is 0 Å². The van der Waals surface area contributed by atoms with Gasteiger partial charge in [0.25, 0.3) is 5.91 Å². The Kier molecular flexibility index (Phi) is 4.91. The number of nitrogens with one attached hydrogen (secondary N) is 1. The van der Waals surface area contributed by atoms with Gasteiger partial charge in [0.15, 0.2) is 5.76 Å². The Labute approximate surface area is 168 Å². The summed E-state index contributed by atoms with van der Waals surface area (Å²) in [5.74, 6) is 1.53. The molecule has 0 aliphatic rings. The SMILES string of the molecule is COc1ccc(OC)c(NC(=O)c2ccc3noc(-c4ccc(C)cc4)c3c2)c1. The van der Waals surface area contributed by atoms with Crippen LogP contribution in [0.3, 0.4) is 0 Å². The van der Waals surface area contributed by atoms with E-state index in [1.54, 1.807) is 50.6 Å². The number of hydrogen-bond acceptors (Lipinski definition) is 5. The molecule has 0 fully saturated rings. The number of fused-ring (bicyclic) bond motifs is 1. The van der Waals surface area contributed by atoms with Gasteiger partial charge in [-0.15, -0.1) is 0 Å². The average Bonchev–Trinajstić information content (AvgIpc) is 3.17. The van der Waals surface area contributed by atoms with Crippen LogP contribution in [0, 0.1) is 6.92 Å². The van der Waals surface area contributed by atoms with Crippen molar-refractivity contribution in [2.75, 3.05) is 19.5 Å². The van der Waals surface area contributed by atoms with Gasteiger partial charge in [0.2, 0.25) is 0 Å². The van der Waals surface area contributed by atoms with E-state index in [0.29, 0.717) is 34.0 Å². The summed E-state index contributed by atoms with van der Waals surface area (Å²) in [6.45, 7) is 2.03. The molecule has 6 nitrogen and oxygen atoms in total. The highest BCUT2D eigenvalue weighted by Gasteiger charge is 2.16. The molecular weight excluding hydrogens is 368 g/mol. The quantitative estimate of drug-likeness (QED) is 0.516. The summed E-state index contributed by atoms with van der Waals surface area (Å²) in [6.07, 6.45) is 0. The molecule has 0 atom stereocenters. The largest absolute Gasteiger partial charge is 0.497 e. The van der Waals surface area contributed by atoms with Crippen molar-refractivity contribution in [3.8, 4) is 22.8 Å². The summed E-state index contributed by atoms with van der Waals surface area (Å²) in [7, 11) is 3.12. The van der Waals surface area contributed by atoms with Gasteiger partial charge in [-0.05, 0) is 37.3 Å². The van der Waals surface area contributed by atoms with Crippen LogP contribution in [-0.4, -0.2) is 25.3 Å². The number of ether oxygens (including phenoxy) is 2. The van der Waals surface area contributed by atoms with Crippen LogP contribution >= 0.6 is 0 Å². The molecule has 146 valence electrons. The zero-order valence-electron chi connectivity index (χ0n) is 16.4. The van der Waals surface area contributed by atoms with Crippen LogP contribution in [-0.2, 0) is 0 Å². The fourth-order valence-corrected chi connectivity index (χ4v) is 3.10. The summed E-state index contributed by atoms with van der Waals surface area (Å²) in [4.78, 5) is 12.9. The molecule has 1 aromatic heterocycles. The molecule has 3 aromatic carbocycles. The third-order valence-corrected chi connectivity index (χ3v) is 4.71. The van der Waals surface area contributed by atoms with Crippen molar-refractivity contribution >= 4 is 22.5 Å². The lowest BCUT2D eigenvalue weighted by molar-refractivity contribution is 0.102. The molecule has 0 aliphatic heterocycles. The highest BCUT2D eigenvalue weighted by Crippen LogP contribution is 2.31. The number of benzene rings is 3. The molecule has 1 heterocycles. The molecule has 1 amide bonds. The van der Waals surface area contributed by atoms with Crippen LogP contribution in [0.15, 0.2) is 65.2 Å². The van der Waals surface area contributed by atoms with Crippen LogP contribution in [0.1, 0.15) is 15.9 Å². The lowest BCUT2D eigenvalue weighted by atomic mass is 10.0. The van der Waals surface area contributed by atoms with Crippen molar-refractivity contribution in [1.82, 2.24) is 5.16 Å². The highest BCUT2D eigenvalue weighted by molar-refractivity contribution is 6.08. The standard InChI is InChI=1S/C23H20N2O4/c1-14-4-6-15(7-5-14)22-18-12-16(8-10-19(18)25-29-22)23(26)24-20-13-17(27-2)9-11-21(20)28-3/h4-13H,1-3H3,(H,24,26). The van der Waals surface area contributed by atoms with E-state index >= 15 is 0 Å². The van der Waals surface area contributed by atoms with E-state index in [4.69, 9.17) is 14.0 Å². The predicted molar refractivity (Wildman–Crippen MR) is 112 cm³/mol. The van der Waals surface area contributed by atoms with Gasteiger partial charge in [0.05, 0.1) is 25.3 Å². The second-order valence-electron chi connectivity index (χ2n) is 6.63. The Balaban J connectivity index is 1.68. The number of methoxy groups -OCH3 is 2. The fourth-order valence-electron chi connectivity index (χ4n) is 3.10. The molecule has 4 aromatic rings. The lowest BCUT2D eigenvalue weighted by Crippen LogP contribution is -2.12. The summed E-state index contributed by atoms with van der Waals surface area (Å²) in [6, 6.07) is 18.5. The highest BCUT2D eigenvalue weighted by atomic mass is 16.5. The van der Waals surface area contributed by atoms with E-state index < -0.39 is 0 Å². The monoisotopic (exact) mass is 388 g/mol. The minimum Gasteiger partial charge on any atom is -0.497 e. The first-order valence-corrected chi connectivity index (χ1v) is 9.09. The zero-order chi connectivity index (χ0) is 20.4.